The molecule has 2 aromatic heterocycles. The van der Waals surface area contributed by atoms with E-state index in [4.69, 9.17) is 0 Å². The third kappa shape index (κ3) is 1.19. The molecule has 1 aliphatic heterocycles. The van der Waals surface area contributed by atoms with E-state index in [2.05, 4.69) is 21.5 Å². The Morgan fingerprint density at radius 1 is 1.43 bits per heavy atom. The minimum Gasteiger partial charge on any atom is -0.316 e. The van der Waals surface area contributed by atoms with Gasteiger partial charge in [0.2, 0.25) is 5.78 Å². The summed E-state index contributed by atoms with van der Waals surface area (Å²) in [4.78, 5) is 8.43. The largest absolute Gasteiger partial charge is 0.316 e. The molecule has 0 amide bonds. The van der Waals surface area contributed by atoms with E-state index in [-0.39, 0.29) is 0 Å². The molecule has 4 nitrogen and oxygen atoms in total. The van der Waals surface area contributed by atoms with Crippen LogP contribution in [0.2, 0.25) is 0 Å². The number of aromatic nitrogens is 3. The van der Waals surface area contributed by atoms with Gasteiger partial charge < -0.3 is 5.32 Å². The SMILES string of the molecule is c1cn2cc(C3CCNC3)cnc2n1. The average molecular weight is 188 g/mol. The Hall–Kier alpha value is -1.42. The quantitative estimate of drug-likeness (QED) is 0.720. The molecule has 1 saturated heterocycles. The average Bonchev–Trinajstić information content (AvgIpc) is 2.88. The van der Waals surface area contributed by atoms with Crippen LogP contribution < -0.4 is 5.32 Å². The predicted molar refractivity (Wildman–Crippen MR) is 53.2 cm³/mol. The second kappa shape index (κ2) is 3.06. The Morgan fingerprint density at radius 3 is 3.29 bits per heavy atom. The van der Waals surface area contributed by atoms with Gasteiger partial charge in [-0.2, -0.15) is 0 Å². The maximum atomic E-state index is 4.31. The van der Waals surface area contributed by atoms with Crippen LogP contribution in [0.4, 0.5) is 0 Å². The first-order valence-corrected chi connectivity index (χ1v) is 4.93. The molecular weight excluding hydrogens is 176 g/mol. The highest BCUT2D eigenvalue weighted by molar-refractivity contribution is 5.30. The summed E-state index contributed by atoms with van der Waals surface area (Å²) in [5.74, 6) is 1.40. The molecule has 0 saturated carbocycles. The van der Waals surface area contributed by atoms with Crippen molar-refractivity contribution in [3.63, 3.8) is 0 Å². The molecule has 1 aliphatic rings. The summed E-state index contributed by atoms with van der Waals surface area (Å²) in [6.45, 7) is 2.19. The third-order valence-electron chi connectivity index (χ3n) is 2.80. The van der Waals surface area contributed by atoms with E-state index in [1.54, 1.807) is 6.20 Å². The summed E-state index contributed by atoms with van der Waals surface area (Å²) in [5.41, 5.74) is 1.31. The molecule has 1 fully saturated rings. The van der Waals surface area contributed by atoms with E-state index in [1.807, 2.05) is 16.8 Å². The van der Waals surface area contributed by atoms with Gasteiger partial charge in [-0.05, 0) is 18.5 Å². The van der Waals surface area contributed by atoms with Crippen molar-refractivity contribution in [2.24, 2.45) is 0 Å². The van der Waals surface area contributed by atoms with Crippen molar-refractivity contribution in [3.8, 4) is 0 Å². The van der Waals surface area contributed by atoms with Crippen molar-refractivity contribution in [1.29, 1.82) is 0 Å². The van der Waals surface area contributed by atoms with E-state index in [0.29, 0.717) is 5.92 Å². The van der Waals surface area contributed by atoms with Gasteiger partial charge in [0, 0.05) is 37.3 Å². The van der Waals surface area contributed by atoms with Crippen LogP contribution in [0, 0.1) is 0 Å². The Morgan fingerprint density at radius 2 is 2.43 bits per heavy atom. The minimum absolute atomic E-state index is 0.620. The van der Waals surface area contributed by atoms with E-state index in [0.717, 1.165) is 18.9 Å². The Balaban J connectivity index is 2.04. The highest BCUT2D eigenvalue weighted by Gasteiger charge is 2.17. The topological polar surface area (TPSA) is 42.2 Å². The maximum absolute atomic E-state index is 4.31. The van der Waals surface area contributed by atoms with Crippen molar-refractivity contribution in [1.82, 2.24) is 19.7 Å². The zero-order chi connectivity index (χ0) is 9.38. The Kier molecular flexibility index (Phi) is 1.73. The van der Waals surface area contributed by atoms with Gasteiger partial charge in [-0.25, -0.2) is 9.97 Å². The highest BCUT2D eigenvalue weighted by Crippen LogP contribution is 2.21. The van der Waals surface area contributed by atoms with Crippen LogP contribution >= 0.6 is 0 Å². The molecule has 0 spiro atoms. The van der Waals surface area contributed by atoms with Gasteiger partial charge in [-0.15, -0.1) is 0 Å². The van der Waals surface area contributed by atoms with Crippen LogP contribution in [-0.2, 0) is 0 Å². The fraction of sp³-hybridized carbons (Fsp3) is 0.400. The van der Waals surface area contributed by atoms with Gasteiger partial charge in [-0.3, -0.25) is 4.40 Å². The molecule has 2 aromatic rings. The lowest BCUT2D eigenvalue weighted by Crippen LogP contribution is -2.08. The summed E-state index contributed by atoms with van der Waals surface area (Å²) in [7, 11) is 0. The van der Waals surface area contributed by atoms with E-state index in [9.17, 15) is 0 Å². The molecule has 3 rings (SSSR count). The zero-order valence-electron chi connectivity index (χ0n) is 7.85. The molecule has 4 heteroatoms. The highest BCUT2D eigenvalue weighted by atomic mass is 15.1. The van der Waals surface area contributed by atoms with Gasteiger partial charge in [0.1, 0.15) is 0 Å². The maximum Gasteiger partial charge on any atom is 0.233 e. The molecule has 3 heterocycles. The molecule has 1 unspecified atom stereocenters. The second-order valence-electron chi connectivity index (χ2n) is 3.71. The van der Waals surface area contributed by atoms with Gasteiger partial charge in [0.15, 0.2) is 0 Å². The van der Waals surface area contributed by atoms with Gasteiger partial charge in [-0.1, -0.05) is 0 Å². The summed E-state index contributed by atoms with van der Waals surface area (Å²) in [5, 5.41) is 3.36. The van der Waals surface area contributed by atoms with Crippen LogP contribution in [0.15, 0.2) is 24.8 Å². The summed E-state index contributed by atoms with van der Waals surface area (Å²) in [6.07, 6.45) is 9.00. The van der Waals surface area contributed by atoms with Crippen molar-refractivity contribution in [3.05, 3.63) is 30.4 Å². The minimum atomic E-state index is 0.620. The second-order valence-corrected chi connectivity index (χ2v) is 3.71. The van der Waals surface area contributed by atoms with E-state index >= 15 is 0 Å². The van der Waals surface area contributed by atoms with Gasteiger partial charge in [0.25, 0.3) is 0 Å². The first-order chi connectivity index (χ1) is 6.93. The molecule has 14 heavy (non-hydrogen) atoms. The number of hydrogen-bond donors (Lipinski definition) is 1. The molecule has 1 N–H and O–H groups in total. The van der Waals surface area contributed by atoms with Crippen LogP contribution in [0.1, 0.15) is 17.9 Å². The summed E-state index contributed by atoms with van der Waals surface area (Å²) < 4.78 is 1.98. The monoisotopic (exact) mass is 188 g/mol. The first-order valence-electron chi connectivity index (χ1n) is 4.93. The van der Waals surface area contributed by atoms with Crippen LogP contribution in [0.3, 0.4) is 0 Å². The lowest BCUT2D eigenvalue weighted by molar-refractivity contribution is 0.751. The molecule has 1 atom stereocenters. The van der Waals surface area contributed by atoms with Crippen molar-refractivity contribution in [2.75, 3.05) is 13.1 Å². The third-order valence-corrected chi connectivity index (χ3v) is 2.80. The van der Waals surface area contributed by atoms with Gasteiger partial charge in [0.05, 0.1) is 0 Å². The fourth-order valence-electron chi connectivity index (χ4n) is 1.98. The predicted octanol–water partition coefficient (Wildman–Crippen LogP) is 0.806. The molecule has 0 radical (unpaired) electrons. The molecular formula is C10H12N4. The van der Waals surface area contributed by atoms with E-state index < -0.39 is 0 Å². The number of hydrogen-bond acceptors (Lipinski definition) is 3. The fourth-order valence-corrected chi connectivity index (χ4v) is 1.98. The number of rotatable bonds is 1. The summed E-state index contributed by atoms with van der Waals surface area (Å²) >= 11 is 0. The van der Waals surface area contributed by atoms with E-state index in [1.165, 1.54) is 12.0 Å². The standard InChI is InChI=1S/C10H12N4/c1-2-11-5-8(1)9-6-13-10-12-3-4-14(10)7-9/h3-4,6-8,11H,1-2,5H2. The van der Waals surface area contributed by atoms with Crippen LogP contribution in [0.25, 0.3) is 5.78 Å². The number of nitrogens with one attached hydrogen (secondary N) is 1. The lowest BCUT2D eigenvalue weighted by Gasteiger charge is -2.07. The molecule has 72 valence electrons. The zero-order valence-corrected chi connectivity index (χ0v) is 7.85. The van der Waals surface area contributed by atoms with Crippen LogP contribution in [-0.4, -0.2) is 27.5 Å². The van der Waals surface area contributed by atoms with Gasteiger partial charge >= 0.3 is 0 Å². The summed E-state index contributed by atoms with van der Waals surface area (Å²) in [6, 6.07) is 0. The molecule has 0 bridgehead atoms. The first kappa shape index (κ1) is 7.94. The Labute approximate surface area is 82.0 Å². The van der Waals surface area contributed by atoms with Crippen molar-refractivity contribution in [2.45, 2.75) is 12.3 Å². The van der Waals surface area contributed by atoms with Crippen LogP contribution in [0.5, 0.6) is 0 Å². The normalized spacial score (nSPS) is 21.9. The number of imidazole rings is 1. The smallest absolute Gasteiger partial charge is 0.233 e. The number of fused-ring (bicyclic) bond motifs is 1. The lowest BCUT2D eigenvalue weighted by atomic mass is 10.0. The molecule has 0 aliphatic carbocycles. The molecule has 0 aromatic carbocycles. The van der Waals surface area contributed by atoms with Crippen molar-refractivity contribution >= 4 is 5.78 Å². The number of nitrogens with zero attached hydrogens (tertiary/aromatic N) is 3. The Bertz CT molecular complexity index is 442. The van der Waals surface area contributed by atoms with Crippen molar-refractivity contribution < 1.29 is 0 Å².